The van der Waals surface area contributed by atoms with Gasteiger partial charge in [0.2, 0.25) is 10.0 Å². The molecule has 0 amide bonds. The van der Waals surface area contributed by atoms with E-state index in [1.807, 2.05) is 66.7 Å². The number of β-amino-alcohol motifs (C(OH)–C–C–N with tert-alkyl or cyclic N) is 1. The highest BCUT2D eigenvalue weighted by Crippen LogP contribution is 2.64. The van der Waals surface area contributed by atoms with Crippen LogP contribution in [0.5, 0.6) is 11.5 Å². The van der Waals surface area contributed by atoms with Crippen LogP contribution in [0.4, 0.5) is 0 Å². The van der Waals surface area contributed by atoms with Gasteiger partial charge in [-0.2, -0.15) is 4.31 Å². The van der Waals surface area contributed by atoms with E-state index in [1.54, 1.807) is 11.4 Å². The number of hydrogen-bond donors (Lipinski definition) is 1. The van der Waals surface area contributed by atoms with Crippen molar-refractivity contribution in [3.05, 3.63) is 95.1 Å². The minimum Gasteiger partial charge on any atom is -0.493 e. The summed E-state index contributed by atoms with van der Waals surface area (Å²) in [4.78, 5) is 2.49. The van der Waals surface area contributed by atoms with Gasteiger partial charge in [-0.05, 0) is 66.8 Å². The number of nitrogens with zero attached hydrogens (tertiary/aromatic N) is 2. The molecule has 7 nitrogen and oxygen atoms in total. The highest BCUT2D eigenvalue weighted by atomic mass is 32.2. The normalized spacial score (nSPS) is 28.0. The molecule has 1 saturated carbocycles. The maximum Gasteiger partial charge on any atom is 0.218 e. The predicted octanol–water partition coefficient (Wildman–Crippen LogP) is 5.32. The van der Waals surface area contributed by atoms with Crippen molar-refractivity contribution in [3.63, 3.8) is 0 Å². The van der Waals surface area contributed by atoms with Crippen LogP contribution in [0.1, 0.15) is 61.5 Å². The number of likely N-dealkylation sites (tertiary alicyclic amines) is 1. The SMILES string of the molecule is COc1ccc2c3c1O[C@H]1[C@@H](N(CC(C)C)S(=O)(=O)Cc4ccccc4)CC[C@H]4[C@@H](C2)N(CC(O)c2ccccc2)CC[C@@]341. The Hall–Kier alpha value is -2.91. The molecule has 2 aliphatic carbocycles. The minimum absolute atomic E-state index is 0.0183. The summed E-state index contributed by atoms with van der Waals surface area (Å²) in [6, 6.07) is 23.6. The Morgan fingerprint density at radius 2 is 1.77 bits per heavy atom. The molecule has 4 aliphatic rings. The molecule has 7 rings (SSSR count). The van der Waals surface area contributed by atoms with Crippen molar-refractivity contribution in [2.24, 2.45) is 11.8 Å². The maximum absolute atomic E-state index is 14.3. The molecule has 6 atom stereocenters. The topological polar surface area (TPSA) is 79.3 Å². The van der Waals surface area contributed by atoms with Crippen molar-refractivity contribution in [1.82, 2.24) is 9.21 Å². The standard InChI is InChI=1S/C36H44N2O5S/c1-24(2)21-38(44(40,41)23-25-10-6-4-7-11-25)29-16-15-28-30-20-27-14-17-32(42-3)34-33(27)36(28,35(29)43-34)18-19-37(30)22-31(39)26-12-8-5-9-13-26/h4-14,17,24,28-31,35,39H,15-16,18-23H2,1-3H3/t28-,29-,30+,31?,35-,36-/m0/s1. The average molecular weight is 617 g/mol. The number of piperidine rings is 1. The van der Waals surface area contributed by atoms with Crippen molar-refractivity contribution in [1.29, 1.82) is 0 Å². The van der Waals surface area contributed by atoms with E-state index in [-0.39, 0.29) is 35.3 Å². The monoisotopic (exact) mass is 616 g/mol. The van der Waals surface area contributed by atoms with Gasteiger partial charge >= 0.3 is 0 Å². The Kier molecular flexibility index (Phi) is 7.76. The number of sulfonamides is 1. The second-order valence-electron chi connectivity index (χ2n) is 13.6. The fraction of sp³-hybridized carbons (Fsp3) is 0.500. The zero-order valence-electron chi connectivity index (χ0n) is 25.9. The lowest BCUT2D eigenvalue weighted by molar-refractivity contribution is -0.0850. The molecule has 2 aliphatic heterocycles. The average Bonchev–Trinajstić information content (AvgIpc) is 3.37. The summed E-state index contributed by atoms with van der Waals surface area (Å²) in [5, 5.41) is 11.2. The second kappa shape index (κ2) is 11.5. The summed E-state index contributed by atoms with van der Waals surface area (Å²) in [6.07, 6.45) is 2.56. The number of benzene rings is 3. The van der Waals surface area contributed by atoms with Gasteiger partial charge in [-0.1, -0.05) is 80.6 Å². The van der Waals surface area contributed by atoms with Crippen LogP contribution in [0.3, 0.4) is 0 Å². The summed E-state index contributed by atoms with van der Waals surface area (Å²) in [5.41, 5.74) is 3.97. The van der Waals surface area contributed by atoms with Crippen molar-refractivity contribution < 1.29 is 23.0 Å². The van der Waals surface area contributed by atoms with Crippen LogP contribution in [0.25, 0.3) is 0 Å². The molecule has 0 radical (unpaired) electrons. The van der Waals surface area contributed by atoms with Gasteiger partial charge in [0.25, 0.3) is 0 Å². The van der Waals surface area contributed by atoms with E-state index in [0.717, 1.165) is 54.9 Å². The predicted molar refractivity (Wildman–Crippen MR) is 171 cm³/mol. The number of aliphatic hydroxyl groups is 1. The Balaban J connectivity index is 1.27. The summed E-state index contributed by atoms with van der Waals surface area (Å²) in [5.74, 6) is 2.00. The second-order valence-corrected chi connectivity index (χ2v) is 15.5. The highest BCUT2D eigenvalue weighted by molar-refractivity contribution is 7.88. The van der Waals surface area contributed by atoms with Crippen LogP contribution in [0.2, 0.25) is 0 Å². The third-order valence-corrected chi connectivity index (χ3v) is 12.5. The summed E-state index contributed by atoms with van der Waals surface area (Å²) in [6.45, 7) is 6.05. The molecule has 1 unspecified atom stereocenters. The smallest absolute Gasteiger partial charge is 0.218 e. The molecule has 1 N–H and O–H groups in total. The van der Waals surface area contributed by atoms with Crippen molar-refractivity contribution >= 4 is 10.0 Å². The molecular weight excluding hydrogens is 572 g/mol. The maximum atomic E-state index is 14.3. The summed E-state index contributed by atoms with van der Waals surface area (Å²) >= 11 is 0. The zero-order chi connectivity index (χ0) is 30.6. The van der Waals surface area contributed by atoms with Gasteiger partial charge in [-0.25, -0.2) is 8.42 Å². The number of ether oxygens (including phenoxy) is 2. The molecule has 3 aromatic rings. The quantitative estimate of drug-likeness (QED) is 0.332. The van der Waals surface area contributed by atoms with Crippen LogP contribution in [0.15, 0.2) is 72.8 Å². The number of aliphatic hydroxyl groups excluding tert-OH is 1. The molecular formula is C36H44N2O5S. The summed E-state index contributed by atoms with van der Waals surface area (Å²) < 4.78 is 43.2. The molecule has 44 heavy (non-hydrogen) atoms. The first-order valence-corrected chi connectivity index (χ1v) is 17.7. The number of methoxy groups -OCH3 is 1. The Morgan fingerprint density at radius 1 is 1.05 bits per heavy atom. The van der Waals surface area contributed by atoms with E-state index >= 15 is 0 Å². The largest absolute Gasteiger partial charge is 0.493 e. The van der Waals surface area contributed by atoms with Crippen molar-refractivity contribution in [2.45, 2.75) is 75.0 Å². The summed E-state index contributed by atoms with van der Waals surface area (Å²) in [7, 11) is -1.95. The van der Waals surface area contributed by atoms with Crippen molar-refractivity contribution in [3.8, 4) is 11.5 Å². The Morgan fingerprint density at radius 3 is 2.48 bits per heavy atom. The minimum atomic E-state index is -3.63. The van der Waals surface area contributed by atoms with Crippen LogP contribution < -0.4 is 9.47 Å². The van der Waals surface area contributed by atoms with E-state index in [4.69, 9.17) is 9.47 Å². The molecule has 2 fully saturated rings. The van der Waals surface area contributed by atoms with Gasteiger partial charge in [0.1, 0.15) is 6.10 Å². The third-order valence-electron chi connectivity index (χ3n) is 10.7. The Labute approximate surface area is 261 Å². The van der Waals surface area contributed by atoms with Crippen LogP contribution >= 0.6 is 0 Å². The zero-order valence-corrected chi connectivity index (χ0v) is 26.7. The number of rotatable bonds is 10. The fourth-order valence-electron chi connectivity index (χ4n) is 8.96. The van der Waals surface area contributed by atoms with Gasteiger partial charge in [0.05, 0.1) is 25.0 Å². The molecule has 234 valence electrons. The van der Waals surface area contributed by atoms with Gasteiger partial charge in [-0.15, -0.1) is 0 Å². The molecule has 2 heterocycles. The molecule has 0 aromatic heterocycles. The molecule has 1 saturated heterocycles. The van der Waals surface area contributed by atoms with E-state index in [9.17, 15) is 13.5 Å². The van der Waals surface area contributed by atoms with E-state index in [0.29, 0.717) is 19.0 Å². The molecule has 8 heteroatoms. The molecule has 1 spiro atoms. The van der Waals surface area contributed by atoms with E-state index in [1.165, 1.54) is 11.1 Å². The van der Waals surface area contributed by atoms with Gasteiger partial charge in [-0.3, -0.25) is 4.90 Å². The fourth-order valence-corrected chi connectivity index (χ4v) is 10.9. The Bertz CT molecular complexity index is 1600. The van der Waals surface area contributed by atoms with Gasteiger partial charge in [0, 0.05) is 30.1 Å². The first kappa shape index (κ1) is 29.8. The van der Waals surface area contributed by atoms with Crippen LogP contribution in [0, 0.1) is 11.8 Å². The van der Waals surface area contributed by atoms with Crippen LogP contribution in [-0.2, 0) is 27.6 Å². The first-order valence-electron chi connectivity index (χ1n) is 16.1. The lowest BCUT2D eigenvalue weighted by Crippen LogP contribution is -2.69. The van der Waals surface area contributed by atoms with Crippen molar-refractivity contribution in [2.75, 3.05) is 26.7 Å². The van der Waals surface area contributed by atoms with Gasteiger partial charge in [0.15, 0.2) is 11.5 Å². The van der Waals surface area contributed by atoms with E-state index < -0.39 is 16.1 Å². The lowest BCUT2D eigenvalue weighted by atomic mass is 9.51. The van der Waals surface area contributed by atoms with Gasteiger partial charge < -0.3 is 14.6 Å². The van der Waals surface area contributed by atoms with Crippen LogP contribution in [-0.4, -0.2) is 67.7 Å². The molecule has 2 bridgehead atoms. The van der Waals surface area contributed by atoms with E-state index in [2.05, 4.69) is 24.8 Å². The highest BCUT2D eigenvalue weighted by Gasteiger charge is 2.67. The lowest BCUT2D eigenvalue weighted by Gasteiger charge is -2.60. The molecule has 3 aromatic carbocycles. The number of hydrogen-bond acceptors (Lipinski definition) is 6. The first-order chi connectivity index (χ1) is 21.2. The third kappa shape index (κ3) is 4.85.